The predicted molar refractivity (Wildman–Crippen MR) is 69.3 cm³/mol. The first kappa shape index (κ1) is 12.8. The van der Waals surface area contributed by atoms with E-state index in [0.717, 1.165) is 29.7 Å². The van der Waals surface area contributed by atoms with Gasteiger partial charge in [0, 0.05) is 6.54 Å². The van der Waals surface area contributed by atoms with E-state index >= 15 is 0 Å². The Balaban J connectivity index is 1.87. The number of rotatable bonds is 5. The van der Waals surface area contributed by atoms with Gasteiger partial charge in [0.25, 0.3) is 5.19 Å². The summed E-state index contributed by atoms with van der Waals surface area (Å²) in [6.07, 6.45) is 5.38. The molecule has 0 saturated heterocycles. The highest BCUT2D eigenvalue weighted by molar-refractivity contribution is 7.13. The fourth-order valence-electron chi connectivity index (χ4n) is 2.18. The van der Waals surface area contributed by atoms with Crippen LogP contribution in [0.25, 0.3) is 0 Å². The molecule has 0 spiro atoms. The van der Waals surface area contributed by atoms with Crippen LogP contribution in [0.5, 0.6) is 5.19 Å². The first-order valence-corrected chi connectivity index (χ1v) is 7.31. The lowest BCUT2D eigenvalue weighted by Gasteiger charge is -2.27. The maximum absolute atomic E-state index is 5.95. The van der Waals surface area contributed by atoms with Gasteiger partial charge in [0.1, 0.15) is 11.1 Å². The van der Waals surface area contributed by atoms with E-state index in [4.69, 9.17) is 4.74 Å². The van der Waals surface area contributed by atoms with Gasteiger partial charge in [-0.3, -0.25) is 0 Å². The van der Waals surface area contributed by atoms with Gasteiger partial charge in [-0.15, -0.1) is 5.10 Å². The van der Waals surface area contributed by atoms with E-state index < -0.39 is 0 Å². The summed E-state index contributed by atoms with van der Waals surface area (Å²) in [6.45, 7) is 6.10. The monoisotopic (exact) mass is 255 g/mol. The zero-order valence-electron chi connectivity index (χ0n) is 10.6. The van der Waals surface area contributed by atoms with Crippen molar-refractivity contribution in [2.75, 3.05) is 6.54 Å². The third-order valence-corrected chi connectivity index (χ3v) is 4.07. The highest BCUT2D eigenvalue weighted by Crippen LogP contribution is 2.29. The second kappa shape index (κ2) is 6.31. The average molecular weight is 255 g/mol. The van der Waals surface area contributed by atoms with Crippen molar-refractivity contribution < 1.29 is 4.74 Å². The van der Waals surface area contributed by atoms with Crippen molar-refractivity contribution in [3.63, 3.8) is 0 Å². The lowest BCUT2D eigenvalue weighted by molar-refractivity contribution is 0.101. The second-order valence-corrected chi connectivity index (χ2v) is 5.68. The third-order valence-electron chi connectivity index (χ3n) is 3.26. The van der Waals surface area contributed by atoms with Gasteiger partial charge in [-0.2, -0.15) is 0 Å². The van der Waals surface area contributed by atoms with Gasteiger partial charge in [0.05, 0.1) is 0 Å². The molecule has 2 rings (SSSR count). The lowest BCUT2D eigenvalue weighted by Crippen LogP contribution is -2.28. The SMILES string of the molecule is CCNCc1nnc(OC2CCCCC2C)s1. The van der Waals surface area contributed by atoms with E-state index in [1.807, 2.05) is 0 Å². The van der Waals surface area contributed by atoms with Gasteiger partial charge >= 0.3 is 0 Å². The number of nitrogens with zero attached hydrogens (tertiary/aromatic N) is 2. The molecule has 5 heteroatoms. The number of nitrogens with one attached hydrogen (secondary N) is 1. The Morgan fingerprint density at radius 2 is 2.18 bits per heavy atom. The average Bonchev–Trinajstić information content (AvgIpc) is 2.77. The second-order valence-electron chi connectivity index (χ2n) is 4.66. The van der Waals surface area contributed by atoms with Crippen molar-refractivity contribution in [2.24, 2.45) is 5.92 Å². The van der Waals surface area contributed by atoms with E-state index in [9.17, 15) is 0 Å². The van der Waals surface area contributed by atoms with Crippen LogP contribution < -0.4 is 10.1 Å². The maximum atomic E-state index is 5.95. The van der Waals surface area contributed by atoms with Crippen LogP contribution >= 0.6 is 11.3 Å². The van der Waals surface area contributed by atoms with E-state index in [1.165, 1.54) is 19.3 Å². The Labute approximate surface area is 107 Å². The minimum atomic E-state index is 0.337. The van der Waals surface area contributed by atoms with Crippen LogP contribution in [0, 0.1) is 5.92 Å². The highest BCUT2D eigenvalue weighted by Gasteiger charge is 2.24. The summed E-state index contributed by atoms with van der Waals surface area (Å²) in [4.78, 5) is 0. The Morgan fingerprint density at radius 1 is 1.35 bits per heavy atom. The zero-order chi connectivity index (χ0) is 12.1. The van der Waals surface area contributed by atoms with Gasteiger partial charge in [-0.25, -0.2) is 0 Å². The normalized spacial score (nSPS) is 24.8. The van der Waals surface area contributed by atoms with Gasteiger partial charge < -0.3 is 10.1 Å². The molecule has 0 aliphatic heterocycles. The van der Waals surface area contributed by atoms with Crippen LogP contribution in [0.1, 0.15) is 44.5 Å². The fraction of sp³-hybridized carbons (Fsp3) is 0.833. The number of aromatic nitrogens is 2. The summed E-state index contributed by atoms with van der Waals surface area (Å²) in [7, 11) is 0. The minimum absolute atomic E-state index is 0.337. The van der Waals surface area contributed by atoms with Crippen LogP contribution in [0.4, 0.5) is 0 Å². The smallest absolute Gasteiger partial charge is 0.294 e. The molecule has 1 aromatic rings. The molecule has 1 N–H and O–H groups in total. The largest absolute Gasteiger partial charge is 0.465 e. The van der Waals surface area contributed by atoms with Crippen molar-refractivity contribution in [1.82, 2.24) is 15.5 Å². The lowest BCUT2D eigenvalue weighted by atomic mass is 9.88. The van der Waals surface area contributed by atoms with Crippen molar-refractivity contribution >= 4 is 11.3 Å². The quantitative estimate of drug-likeness (QED) is 0.878. The Hall–Kier alpha value is -0.680. The summed E-state index contributed by atoms with van der Waals surface area (Å²) in [5.41, 5.74) is 0. The first-order valence-electron chi connectivity index (χ1n) is 6.49. The van der Waals surface area contributed by atoms with E-state index in [0.29, 0.717) is 12.0 Å². The van der Waals surface area contributed by atoms with Crippen molar-refractivity contribution in [2.45, 2.75) is 52.2 Å². The Morgan fingerprint density at radius 3 is 2.94 bits per heavy atom. The Bertz CT molecular complexity index is 342. The molecule has 1 fully saturated rings. The van der Waals surface area contributed by atoms with Crippen LogP contribution in [0.3, 0.4) is 0 Å². The molecular weight excluding hydrogens is 234 g/mol. The summed E-state index contributed by atoms with van der Waals surface area (Å²) in [5, 5.41) is 13.2. The fourth-order valence-corrected chi connectivity index (χ4v) is 2.89. The number of hydrogen-bond donors (Lipinski definition) is 1. The molecule has 4 nitrogen and oxygen atoms in total. The highest BCUT2D eigenvalue weighted by atomic mass is 32.1. The molecule has 0 amide bonds. The molecule has 1 saturated carbocycles. The topological polar surface area (TPSA) is 47.0 Å². The van der Waals surface area contributed by atoms with Gasteiger partial charge in [-0.05, 0) is 31.7 Å². The predicted octanol–water partition coefficient (Wildman–Crippen LogP) is 2.61. The van der Waals surface area contributed by atoms with E-state index in [-0.39, 0.29) is 0 Å². The van der Waals surface area contributed by atoms with Crippen LogP contribution in [-0.2, 0) is 6.54 Å². The first-order chi connectivity index (χ1) is 8.29. The van der Waals surface area contributed by atoms with E-state index in [2.05, 4.69) is 29.4 Å². The van der Waals surface area contributed by atoms with Gasteiger partial charge in [0.2, 0.25) is 0 Å². The molecule has 17 heavy (non-hydrogen) atoms. The molecule has 0 aromatic carbocycles. The third kappa shape index (κ3) is 3.64. The zero-order valence-corrected chi connectivity index (χ0v) is 11.4. The summed E-state index contributed by atoms with van der Waals surface area (Å²) >= 11 is 1.56. The van der Waals surface area contributed by atoms with E-state index in [1.54, 1.807) is 11.3 Å². The van der Waals surface area contributed by atoms with Crippen molar-refractivity contribution in [1.29, 1.82) is 0 Å². The summed E-state index contributed by atoms with van der Waals surface area (Å²) < 4.78 is 5.95. The molecule has 1 aliphatic carbocycles. The standard InChI is InChI=1S/C12H21N3OS/c1-3-13-8-11-14-15-12(17-11)16-10-7-5-4-6-9(10)2/h9-10,13H,3-8H2,1-2H3. The molecule has 96 valence electrons. The molecule has 1 aromatic heterocycles. The number of hydrogen-bond acceptors (Lipinski definition) is 5. The molecule has 0 radical (unpaired) electrons. The molecular formula is C12H21N3OS. The summed E-state index contributed by atoms with van der Waals surface area (Å²) in [5.74, 6) is 0.643. The van der Waals surface area contributed by atoms with Crippen LogP contribution in [0.15, 0.2) is 0 Å². The molecule has 2 atom stereocenters. The molecule has 0 bridgehead atoms. The Kier molecular flexibility index (Phi) is 4.74. The molecule has 1 aliphatic rings. The maximum Gasteiger partial charge on any atom is 0.294 e. The minimum Gasteiger partial charge on any atom is -0.465 e. The van der Waals surface area contributed by atoms with Crippen LogP contribution in [0.2, 0.25) is 0 Å². The molecule has 1 heterocycles. The van der Waals surface area contributed by atoms with Crippen molar-refractivity contribution in [3.8, 4) is 5.19 Å². The molecule has 2 unspecified atom stereocenters. The summed E-state index contributed by atoms with van der Waals surface area (Å²) in [6, 6.07) is 0. The van der Waals surface area contributed by atoms with Crippen LogP contribution in [-0.4, -0.2) is 22.8 Å². The van der Waals surface area contributed by atoms with Gasteiger partial charge in [0.15, 0.2) is 0 Å². The van der Waals surface area contributed by atoms with Gasteiger partial charge in [-0.1, -0.05) is 36.7 Å². The number of ether oxygens (including phenoxy) is 1. The van der Waals surface area contributed by atoms with Crippen molar-refractivity contribution in [3.05, 3.63) is 5.01 Å².